The van der Waals surface area contributed by atoms with Crippen molar-refractivity contribution in [3.8, 4) is 0 Å². The SMILES string of the molecule is CCCC(OC)C(CC1CCCC1)NCC. The average Bonchev–Trinajstić information content (AvgIpc) is 2.78. The maximum Gasteiger partial charge on any atom is 0.0724 e. The van der Waals surface area contributed by atoms with Crippen molar-refractivity contribution in [1.29, 1.82) is 0 Å². The predicted molar refractivity (Wildman–Crippen MR) is 69.7 cm³/mol. The van der Waals surface area contributed by atoms with Crippen molar-refractivity contribution in [3.05, 3.63) is 0 Å². The fourth-order valence-corrected chi connectivity index (χ4v) is 3.00. The Hall–Kier alpha value is -0.0800. The van der Waals surface area contributed by atoms with Crippen LogP contribution >= 0.6 is 0 Å². The Morgan fingerprint density at radius 2 is 1.94 bits per heavy atom. The molecule has 0 amide bonds. The van der Waals surface area contributed by atoms with Gasteiger partial charge in [0, 0.05) is 13.2 Å². The molecule has 2 unspecified atom stereocenters. The second kappa shape index (κ2) is 8.08. The first-order valence-electron chi connectivity index (χ1n) is 7.07. The Labute approximate surface area is 101 Å². The molecule has 2 nitrogen and oxygen atoms in total. The van der Waals surface area contributed by atoms with E-state index in [0.29, 0.717) is 12.1 Å². The van der Waals surface area contributed by atoms with Crippen molar-refractivity contribution < 1.29 is 4.74 Å². The molecule has 0 saturated heterocycles. The topological polar surface area (TPSA) is 21.3 Å². The van der Waals surface area contributed by atoms with Gasteiger partial charge in [0.05, 0.1) is 6.10 Å². The average molecular weight is 227 g/mol. The molecular formula is C14H29NO. The van der Waals surface area contributed by atoms with Crippen LogP contribution in [0.4, 0.5) is 0 Å². The van der Waals surface area contributed by atoms with Gasteiger partial charge in [0.15, 0.2) is 0 Å². The quantitative estimate of drug-likeness (QED) is 0.686. The molecule has 2 heteroatoms. The first-order valence-corrected chi connectivity index (χ1v) is 7.07. The van der Waals surface area contributed by atoms with E-state index in [1.165, 1.54) is 44.9 Å². The van der Waals surface area contributed by atoms with E-state index in [1.807, 2.05) is 7.11 Å². The normalized spacial score (nSPS) is 21.2. The lowest BCUT2D eigenvalue weighted by molar-refractivity contribution is 0.0533. The molecule has 1 aliphatic rings. The highest BCUT2D eigenvalue weighted by Gasteiger charge is 2.25. The summed E-state index contributed by atoms with van der Waals surface area (Å²) in [7, 11) is 1.86. The fourth-order valence-electron chi connectivity index (χ4n) is 3.00. The Morgan fingerprint density at radius 3 is 2.44 bits per heavy atom. The zero-order valence-electron chi connectivity index (χ0n) is 11.3. The molecule has 16 heavy (non-hydrogen) atoms. The summed E-state index contributed by atoms with van der Waals surface area (Å²) in [5.74, 6) is 0.943. The summed E-state index contributed by atoms with van der Waals surface area (Å²) < 4.78 is 5.65. The van der Waals surface area contributed by atoms with Crippen LogP contribution in [-0.4, -0.2) is 25.8 Å². The standard InChI is InChI=1S/C14H29NO/c1-4-8-14(16-3)13(15-5-2)11-12-9-6-7-10-12/h12-15H,4-11H2,1-3H3. The number of nitrogens with one attached hydrogen (secondary N) is 1. The molecule has 0 heterocycles. The van der Waals surface area contributed by atoms with E-state index in [2.05, 4.69) is 19.2 Å². The summed E-state index contributed by atoms with van der Waals surface area (Å²) in [5.41, 5.74) is 0. The first-order chi connectivity index (χ1) is 7.81. The largest absolute Gasteiger partial charge is 0.380 e. The summed E-state index contributed by atoms with van der Waals surface area (Å²) in [6.07, 6.45) is 9.86. The van der Waals surface area contributed by atoms with E-state index in [-0.39, 0.29) is 0 Å². The second-order valence-corrected chi connectivity index (χ2v) is 5.11. The van der Waals surface area contributed by atoms with E-state index < -0.39 is 0 Å². The lowest BCUT2D eigenvalue weighted by Crippen LogP contribution is -2.42. The molecule has 2 atom stereocenters. The zero-order chi connectivity index (χ0) is 11.8. The number of rotatable bonds is 8. The van der Waals surface area contributed by atoms with Gasteiger partial charge in [-0.2, -0.15) is 0 Å². The van der Waals surface area contributed by atoms with Crippen molar-refractivity contribution >= 4 is 0 Å². The molecule has 1 fully saturated rings. The van der Waals surface area contributed by atoms with E-state index >= 15 is 0 Å². The van der Waals surface area contributed by atoms with Gasteiger partial charge < -0.3 is 10.1 Å². The van der Waals surface area contributed by atoms with Gasteiger partial charge in [0.1, 0.15) is 0 Å². The Balaban J connectivity index is 2.42. The van der Waals surface area contributed by atoms with Gasteiger partial charge in [-0.25, -0.2) is 0 Å². The van der Waals surface area contributed by atoms with Crippen LogP contribution in [0.25, 0.3) is 0 Å². The van der Waals surface area contributed by atoms with E-state index in [9.17, 15) is 0 Å². The monoisotopic (exact) mass is 227 g/mol. The zero-order valence-corrected chi connectivity index (χ0v) is 11.3. The lowest BCUT2D eigenvalue weighted by atomic mass is 9.93. The molecule has 0 radical (unpaired) electrons. The molecule has 0 aromatic carbocycles. The van der Waals surface area contributed by atoms with Crippen LogP contribution in [0, 0.1) is 5.92 Å². The van der Waals surface area contributed by atoms with Crippen LogP contribution in [0.5, 0.6) is 0 Å². The van der Waals surface area contributed by atoms with Gasteiger partial charge in [-0.15, -0.1) is 0 Å². The van der Waals surface area contributed by atoms with Crippen LogP contribution in [0.15, 0.2) is 0 Å². The summed E-state index contributed by atoms with van der Waals surface area (Å²) in [4.78, 5) is 0. The highest BCUT2D eigenvalue weighted by Crippen LogP contribution is 2.30. The van der Waals surface area contributed by atoms with E-state index in [0.717, 1.165) is 12.5 Å². The molecule has 0 bridgehead atoms. The minimum Gasteiger partial charge on any atom is -0.380 e. The van der Waals surface area contributed by atoms with Crippen molar-refractivity contribution in [1.82, 2.24) is 5.32 Å². The number of hydrogen-bond donors (Lipinski definition) is 1. The lowest BCUT2D eigenvalue weighted by Gasteiger charge is -2.28. The summed E-state index contributed by atoms with van der Waals surface area (Å²) in [6, 6.07) is 0.568. The van der Waals surface area contributed by atoms with Gasteiger partial charge in [-0.3, -0.25) is 0 Å². The van der Waals surface area contributed by atoms with Crippen molar-refractivity contribution in [2.45, 2.75) is 70.9 Å². The van der Waals surface area contributed by atoms with Crippen molar-refractivity contribution in [2.24, 2.45) is 5.92 Å². The molecule has 96 valence electrons. The van der Waals surface area contributed by atoms with Gasteiger partial charge in [-0.1, -0.05) is 46.0 Å². The molecule has 0 aliphatic heterocycles. The molecule has 0 aromatic heterocycles. The molecular weight excluding hydrogens is 198 g/mol. The molecule has 1 N–H and O–H groups in total. The van der Waals surface area contributed by atoms with E-state index in [1.54, 1.807) is 0 Å². The molecule has 1 saturated carbocycles. The summed E-state index contributed by atoms with van der Waals surface area (Å²) >= 11 is 0. The molecule has 1 aliphatic carbocycles. The smallest absolute Gasteiger partial charge is 0.0724 e. The minimum atomic E-state index is 0.408. The maximum atomic E-state index is 5.65. The van der Waals surface area contributed by atoms with E-state index in [4.69, 9.17) is 4.74 Å². The number of hydrogen-bond acceptors (Lipinski definition) is 2. The third-order valence-corrected chi connectivity index (χ3v) is 3.85. The maximum absolute atomic E-state index is 5.65. The molecule has 0 aromatic rings. The van der Waals surface area contributed by atoms with Crippen LogP contribution in [-0.2, 0) is 4.74 Å². The third kappa shape index (κ3) is 4.42. The van der Waals surface area contributed by atoms with Gasteiger partial charge >= 0.3 is 0 Å². The number of ether oxygens (including phenoxy) is 1. The summed E-state index contributed by atoms with van der Waals surface area (Å²) in [6.45, 7) is 5.49. The predicted octanol–water partition coefficient (Wildman–Crippen LogP) is 3.36. The first kappa shape index (κ1) is 14.0. The molecule has 0 spiro atoms. The fraction of sp³-hybridized carbons (Fsp3) is 1.00. The highest BCUT2D eigenvalue weighted by molar-refractivity contribution is 4.81. The minimum absolute atomic E-state index is 0.408. The van der Waals surface area contributed by atoms with Crippen LogP contribution in [0.1, 0.15) is 58.8 Å². The van der Waals surface area contributed by atoms with Gasteiger partial charge in [-0.05, 0) is 25.3 Å². The Kier molecular flexibility index (Phi) is 7.06. The van der Waals surface area contributed by atoms with Crippen LogP contribution < -0.4 is 5.32 Å². The highest BCUT2D eigenvalue weighted by atomic mass is 16.5. The van der Waals surface area contributed by atoms with Crippen LogP contribution in [0.3, 0.4) is 0 Å². The van der Waals surface area contributed by atoms with Crippen LogP contribution in [0.2, 0.25) is 0 Å². The van der Waals surface area contributed by atoms with Gasteiger partial charge in [0.25, 0.3) is 0 Å². The van der Waals surface area contributed by atoms with Crippen molar-refractivity contribution in [3.63, 3.8) is 0 Å². The third-order valence-electron chi connectivity index (χ3n) is 3.85. The molecule has 1 rings (SSSR count). The number of likely N-dealkylation sites (N-methyl/N-ethyl adjacent to an activating group) is 1. The Morgan fingerprint density at radius 1 is 1.25 bits per heavy atom. The van der Waals surface area contributed by atoms with Gasteiger partial charge in [0.2, 0.25) is 0 Å². The second-order valence-electron chi connectivity index (χ2n) is 5.11. The van der Waals surface area contributed by atoms with Crippen molar-refractivity contribution in [2.75, 3.05) is 13.7 Å². The summed E-state index contributed by atoms with van der Waals surface area (Å²) in [5, 5.41) is 3.62. The Bertz CT molecular complexity index is 166. The number of methoxy groups -OCH3 is 1.